The van der Waals surface area contributed by atoms with Gasteiger partial charge in [0.15, 0.2) is 0 Å². The summed E-state index contributed by atoms with van der Waals surface area (Å²) in [7, 11) is 0. The molecule has 0 aliphatic carbocycles. The van der Waals surface area contributed by atoms with Crippen LogP contribution in [0.25, 0.3) is 0 Å². The van der Waals surface area contributed by atoms with Gasteiger partial charge in [-0.25, -0.2) is 10.9 Å². The van der Waals surface area contributed by atoms with Crippen LogP contribution in [0.5, 0.6) is 0 Å². The van der Waals surface area contributed by atoms with Gasteiger partial charge < -0.3 is 4.74 Å². The van der Waals surface area contributed by atoms with Gasteiger partial charge in [0.1, 0.15) is 6.04 Å². The van der Waals surface area contributed by atoms with Gasteiger partial charge in [0, 0.05) is 6.04 Å². The lowest BCUT2D eigenvalue weighted by Crippen LogP contribution is -2.37. The Kier molecular flexibility index (Phi) is 4.29. The third-order valence-corrected chi connectivity index (χ3v) is 3.09. The fourth-order valence-corrected chi connectivity index (χ4v) is 2.10. The molecule has 1 fully saturated rings. The van der Waals surface area contributed by atoms with E-state index in [1.807, 2.05) is 0 Å². The minimum absolute atomic E-state index is 0.269. The third kappa shape index (κ3) is 3.29. The molecule has 1 saturated heterocycles. The molecule has 2 rings (SSSR count). The van der Waals surface area contributed by atoms with Gasteiger partial charge in [-0.15, -0.1) is 0 Å². The molecule has 2 unspecified atom stereocenters. The number of hydrazine groups is 1. The number of hydrogen-bond acceptors (Lipinski definition) is 4. The van der Waals surface area contributed by atoms with E-state index in [9.17, 15) is 18.0 Å². The van der Waals surface area contributed by atoms with E-state index in [0.29, 0.717) is 12.0 Å². The van der Waals surface area contributed by atoms with E-state index < -0.39 is 23.8 Å². The number of alkyl halides is 3. The number of carbonyl (C=O) groups is 1. The Labute approximate surface area is 114 Å². The van der Waals surface area contributed by atoms with Crippen LogP contribution < -0.4 is 10.9 Å². The maximum Gasteiger partial charge on any atom is 0.416 e. The molecule has 1 aliphatic rings. The van der Waals surface area contributed by atoms with Crippen molar-refractivity contribution >= 4 is 5.97 Å². The summed E-state index contributed by atoms with van der Waals surface area (Å²) in [6, 6.07) is 4.17. The van der Waals surface area contributed by atoms with Crippen molar-refractivity contribution < 1.29 is 22.7 Å². The molecule has 2 atom stereocenters. The maximum atomic E-state index is 12.6. The molecule has 1 aromatic carbocycles. The number of halogens is 3. The summed E-state index contributed by atoms with van der Waals surface area (Å²) in [6.07, 6.45) is -4.03. The number of benzene rings is 1. The van der Waals surface area contributed by atoms with Gasteiger partial charge in [-0.3, -0.25) is 4.79 Å². The highest BCUT2D eigenvalue weighted by Gasteiger charge is 2.34. The zero-order valence-corrected chi connectivity index (χ0v) is 10.8. The zero-order valence-electron chi connectivity index (χ0n) is 10.8. The van der Waals surface area contributed by atoms with Crippen LogP contribution in [-0.2, 0) is 15.7 Å². The molecule has 0 spiro atoms. The van der Waals surface area contributed by atoms with Crippen LogP contribution in [0.15, 0.2) is 24.3 Å². The first-order valence-corrected chi connectivity index (χ1v) is 6.26. The molecule has 110 valence electrons. The fourth-order valence-electron chi connectivity index (χ4n) is 2.10. The number of rotatable bonds is 3. The Morgan fingerprint density at radius 2 is 2.15 bits per heavy atom. The van der Waals surface area contributed by atoms with Crippen LogP contribution in [0, 0.1) is 0 Å². The summed E-state index contributed by atoms with van der Waals surface area (Å²) in [5, 5.41) is 0. The smallest absolute Gasteiger partial charge is 0.416 e. The van der Waals surface area contributed by atoms with Crippen LogP contribution in [0.4, 0.5) is 13.2 Å². The molecule has 0 radical (unpaired) electrons. The number of carbonyl (C=O) groups excluding carboxylic acids is 1. The fraction of sp³-hybridized carbons (Fsp3) is 0.462. The Bertz CT molecular complexity index is 491. The van der Waals surface area contributed by atoms with Crippen molar-refractivity contribution in [2.75, 3.05) is 6.61 Å². The van der Waals surface area contributed by atoms with Crippen molar-refractivity contribution in [2.24, 2.45) is 0 Å². The molecule has 0 amide bonds. The second kappa shape index (κ2) is 5.80. The summed E-state index contributed by atoms with van der Waals surface area (Å²) in [6.45, 7) is 1.97. The highest BCUT2D eigenvalue weighted by molar-refractivity contribution is 5.76. The lowest BCUT2D eigenvalue weighted by molar-refractivity contribution is -0.145. The van der Waals surface area contributed by atoms with E-state index >= 15 is 0 Å². The van der Waals surface area contributed by atoms with Gasteiger partial charge in [-0.1, -0.05) is 12.1 Å². The minimum Gasteiger partial charge on any atom is -0.465 e. The first-order valence-electron chi connectivity index (χ1n) is 6.26. The maximum absolute atomic E-state index is 12.6. The number of ether oxygens (including phenoxy) is 1. The van der Waals surface area contributed by atoms with Crippen LogP contribution in [0.1, 0.15) is 30.5 Å². The van der Waals surface area contributed by atoms with Crippen LogP contribution in [-0.4, -0.2) is 18.6 Å². The Morgan fingerprint density at radius 1 is 1.40 bits per heavy atom. The third-order valence-electron chi connectivity index (χ3n) is 3.09. The second-order valence-corrected chi connectivity index (χ2v) is 4.50. The van der Waals surface area contributed by atoms with E-state index in [2.05, 4.69) is 10.9 Å². The first-order chi connectivity index (χ1) is 9.41. The summed E-state index contributed by atoms with van der Waals surface area (Å²) in [5.41, 5.74) is 5.35. The van der Waals surface area contributed by atoms with E-state index in [0.717, 1.165) is 12.1 Å². The molecule has 0 saturated carbocycles. The molecular formula is C13H15F3N2O2. The van der Waals surface area contributed by atoms with Gasteiger partial charge in [0.2, 0.25) is 0 Å². The molecule has 2 N–H and O–H groups in total. The van der Waals surface area contributed by atoms with Gasteiger partial charge in [-0.05, 0) is 31.0 Å². The average molecular weight is 288 g/mol. The molecular weight excluding hydrogens is 273 g/mol. The standard InChI is InChI=1S/C13H15F3N2O2/c1-2-20-12(19)11-7-10(17-18-11)8-4-3-5-9(6-8)13(14,15)16/h3-6,10-11,17-18H,2,7H2,1H3. The van der Waals surface area contributed by atoms with Gasteiger partial charge in [0.05, 0.1) is 12.2 Å². The quantitative estimate of drug-likeness (QED) is 0.837. The topological polar surface area (TPSA) is 50.4 Å². The first kappa shape index (κ1) is 14.8. The van der Waals surface area contributed by atoms with E-state index in [-0.39, 0.29) is 12.6 Å². The lowest BCUT2D eigenvalue weighted by atomic mass is 10.00. The summed E-state index contributed by atoms with van der Waals surface area (Å²) in [5.74, 6) is -0.408. The van der Waals surface area contributed by atoms with Crippen molar-refractivity contribution in [2.45, 2.75) is 31.6 Å². The van der Waals surface area contributed by atoms with E-state index in [4.69, 9.17) is 4.74 Å². The van der Waals surface area contributed by atoms with E-state index in [1.165, 1.54) is 6.07 Å². The predicted molar refractivity (Wildman–Crippen MR) is 65.5 cm³/mol. The summed E-state index contributed by atoms with van der Waals surface area (Å²) >= 11 is 0. The lowest BCUT2D eigenvalue weighted by Gasteiger charge is -2.13. The monoisotopic (exact) mass is 288 g/mol. The molecule has 0 bridgehead atoms. The zero-order chi connectivity index (χ0) is 14.8. The van der Waals surface area contributed by atoms with Crippen LogP contribution in [0.3, 0.4) is 0 Å². The van der Waals surface area contributed by atoms with Gasteiger partial charge in [0.25, 0.3) is 0 Å². The molecule has 4 nitrogen and oxygen atoms in total. The molecule has 20 heavy (non-hydrogen) atoms. The predicted octanol–water partition coefficient (Wildman–Crippen LogP) is 2.18. The minimum atomic E-state index is -4.37. The Hall–Kier alpha value is -1.60. The Balaban J connectivity index is 2.09. The van der Waals surface area contributed by atoms with Crippen molar-refractivity contribution in [1.29, 1.82) is 0 Å². The molecule has 1 aromatic rings. The highest BCUT2D eigenvalue weighted by Crippen LogP contribution is 2.32. The SMILES string of the molecule is CCOC(=O)C1CC(c2cccc(C(F)(F)F)c2)NN1. The molecule has 1 heterocycles. The second-order valence-electron chi connectivity index (χ2n) is 4.50. The van der Waals surface area contributed by atoms with Crippen molar-refractivity contribution in [3.63, 3.8) is 0 Å². The average Bonchev–Trinajstić information content (AvgIpc) is 2.88. The Morgan fingerprint density at radius 3 is 2.80 bits per heavy atom. The van der Waals surface area contributed by atoms with E-state index in [1.54, 1.807) is 13.0 Å². The van der Waals surface area contributed by atoms with Crippen molar-refractivity contribution in [3.05, 3.63) is 35.4 Å². The largest absolute Gasteiger partial charge is 0.465 e. The number of hydrogen-bond donors (Lipinski definition) is 2. The highest BCUT2D eigenvalue weighted by atomic mass is 19.4. The molecule has 0 aromatic heterocycles. The summed E-state index contributed by atoms with van der Waals surface area (Å²) in [4.78, 5) is 11.5. The van der Waals surface area contributed by atoms with Gasteiger partial charge in [-0.2, -0.15) is 13.2 Å². The number of esters is 1. The normalized spacial score (nSPS) is 22.8. The van der Waals surface area contributed by atoms with Crippen molar-refractivity contribution in [3.8, 4) is 0 Å². The van der Waals surface area contributed by atoms with Gasteiger partial charge >= 0.3 is 12.1 Å². The summed E-state index contributed by atoms with van der Waals surface area (Å²) < 4.78 is 42.8. The van der Waals surface area contributed by atoms with Crippen molar-refractivity contribution in [1.82, 2.24) is 10.9 Å². The van der Waals surface area contributed by atoms with Crippen LogP contribution >= 0.6 is 0 Å². The number of nitrogens with one attached hydrogen (secondary N) is 2. The molecule has 1 aliphatic heterocycles. The molecule has 7 heteroatoms. The van der Waals surface area contributed by atoms with Crippen LogP contribution in [0.2, 0.25) is 0 Å².